The molecule has 104 valence electrons. The molecule has 2 heterocycles. The summed E-state index contributed by atoms with van der Waals surface area (Å²) in [7, 11) is 0. The van der Waals surface area contributed by atoms with Crippen molar-refractivity contribution in [1.29, 1.82) is 0 Å². The number of ketones is 1. The first kappa shape index (κ1) is 14.5. The van der Waals surface area contributed by atoms with E-state index in [1.165, 1.54) is 10.4 Å². The number of thioether (sulfide) groups is 1. The molecule has 0 radical (unpaired) electrons. The third-order valence-corrected chi connectivity index (χ3v) is 6.14. The van der Waals surface area contributed by atoms with E-state index in [2.05, 4.69) is 6.07 Å². The molecule has 0 spiro atoms. The first-order chi connectivity index (χ1) is 9.63. The zero-order valence-corrected chi connectivity index (χ0v) is 13.8. The van der Waals surface area contributed by atoms with Gasteiger partial charge in [-0.3, -0.25) is 4.79 Å². The number of carbonyl (C=O) groups excluding carboxylic acids is 1. The molecule has 0 saturated carbocycles. The standard InChI is InChI=1S/C15H12Cl2OS2/c16-11-2-1-9(12(17)7-11)5-13(18)15-6-10-8-19-4-3-14(10)20-15/h1-2,6-7H,3-5,8H2. The number of hydrogen-bond donors (Lipinski definition) is 0. The van der Waals surface area contributed by atoms with Crippen LogP contribution in [-0.4, -0.2) is 11.5 Å². The lowest BCUT2D eigenvalue weighted by Gasteiger charge is -2.08. The van der Waals surface area contributed by atoms with Gasteiger partial charge < -0.3 is 0 Å². The number of carbonyl (C=O) groups is 1. The van der Waals surface area contributed by atoms with E-state index in [-0.39, 0.29) is 5.78 Å². The van der Waals surface area contributed by atoms with Crippen molar-refractivity contribution in [1.82, 2.24) is 0 Å². The van der Waals surface area contributed by atoms with Gasteiger partial charge in [0, 0.05) is 27.1 Å². The van der Waals surface area contributed by atoms with Gasteiger partial charge in [-0.05, 0) is 41.5 Å². The zero-order valence-electron chi connectivity index (χ0n) is 10.6. The Morgan fingerprint density at radius 3 is 2.85 bits per heavy atom. The van der Waals surface area contributed by atoms with Crippen molar-refractivity contribution in [2.75, 3.05) is 5.75 Å². The second kappa shape index (κ2) is 6.10. The lowest BCUT2D eigenvalue weighted by Crippen LogP contribution is -2.01. The third-order valence-electron chi connectivity index (χ3n) is 3.27. The summed E-state index contributed by atoms with van der Waals surface area (Å²) in [5.41, 5.74) is 2.17. The molecule has 1 aromatic carbocycles. The highest BCUT2D eigenvalue weighted by molar-refractivity contribution is 7.98. The number of Topliss-reactive ketones (excluding diaryl/α,β-unsaturated/α-hetero) is 1. The first-order valence-electron chi connectivity index (χ1n) is 6.30. The predicted octanol–water partition coefficient (Wildman–Crippen LogP) is 5.27. The molecule has 3 rings (SSSR count). The van der Waals surface area contributed by atoms with Crippen LogP contribution in [0.5, 0.6) is 0 Å². The molecule has 1 aliphatic rings. The molecular formula is C15H12Cl2OS2. The van der Waals surface area contributed by atoms with Crippen molar-refractivity contribution >= 4 is 52.1 Å². The Morgan fingerprint density at radius 1 is 1.25 bits per heavy atom. The van der Waals surface area contributed by atoms with Crippen molar-refractivity contribution in [3.63, 3.8) is 0 Å². The van der Waals surface area contributed by atoms with Crippen LogP contribution in [0.4, 0.5) is 0 Å². The maximum absolute atomic E-state index is 12.4. The number of hydrogen-bond acceptors (Lipinski definition) is 3. The van der Waals surface area contributed by atoms with Gasteiger partial charge in [0.25, 0.3) is 0 Å². The van der Waals surface area contributed by atoms with Gasteiger partial charge in [0.1, 0.15) is 0 Å². The third kappa shape index (κ3) is 3.06. The second-order valence-electron chi connectivity index (χ2n) is 4.70. The van der Waals surface area contributed by atoms with Gasteiger partial charge in [0.05, 0.1) is 4.88 Å². The van der Waals surface area contributed by atoms with Crippen LogP contribution in [0.2, 0.25) is 10.0 Å². The van der Waals surface area contributed by atoms with Gasteiger partial charge in [0.2, 0.25) is 0 Å². The van der Waals surface area contributed by atoms with Crippen LogP contribution < -0.4 is 0 Å². The van der Waals surface area contributed by atoms with Gasteiger partial charge in [-0.2, -0.15) is 11.8 Å². The second-order valence-corrected chi connectivity index (χ2v) is 7.78. The average molecular weight is 343 g/mol. The fourth-order valence-corrected chi connectivity index (χ4v) is 4.99. The van der Waals surface area contributed by atoms with E-state index in [0.717, 1.165) is 28.4 Å². The Labute approximate surface area is 136 Å². The van der Waals surface area contributed by atoms with Crippen LogP contribution in [-0.2, 0) is 18.6 Å². The van der Waals surface area contributed by atoms with Gasteiger partial charge in [-0.1, -0.05) is 29.3 Å². The molecule has 20 heavy (non-hydrogen) atoms. The lowest BCUT2D eigenvalue weighted by atomic mass is 10.1. The number of rotatable bonds is 3. The number of aryl methyl sites for hydroxylation is 1. The molecule has 0 N–H and O–H groups in total. The van der Waals surface area contributed by atoms with Crippen molar-refractivity contribution in [3.05, 3.63) is 55.2 Å². The van der Waals surface area contributed by atoms with Gasteiger partial charge in [-0.25, -0.2) is 0 Å². The Morgan fingerprint density at radius 2 is 2.10 bits per heavy atom. The lowest BCUT2D eigenvalue weighted by molar-refractivity contribution is 0.0997. The van der Waals surface area contributed by atoms with Crippen LogP contribution in [0, 0.1) is 0 Å². The summed E-state index contributed by atoms with van der Waals surface area (Å²) >= 11 is 15.6. The highest BCUT2D eigenvalue weighted by Gasteiger charge is 2.18. The molecule has 1 aliphatic heterocycles. The van der Waals surface area contributed by atoms with Crippen LogP contribution >= 0.6 is 46.3 Å². The minimum absolute atomic E-state index is 0.138. The highest BCUT2D eigenvalue weighted by Crippen LogP contribution is 2.32. The Kier molecular flexibility index (Phi) is 4.41. The number of halogens is 2. The normalized spacial score (nSPS) is 14.1. The summed E-state index contributed by atoms with van der Waals surface area (Å²) in [6, 6.07) is 7.33. The van der Waals surface area contributed by atoms with Gasteiger partial charge >= 0.3 is 0 Å². The fourth-order valence-electron chi connectivity index (χ4n) is 2.21. The molecule has 0 amide bonds. The van der Waals surface area contributed by atoms with Crippen molar-refractivity contribution in [2.45, 2.75) is 18.6 Å². The number of fused-ring (bicyclic) bond motifs is 1. The summed E-state index contributed by atoms with van der Waals surface area (Å²) in [6.07, 6.45) is 1.42. The number of benzene rings is 1. The number of thiophene rings is 1. The molecule has 0 saturated heterocycles. The molecule has 0 atom stereocenters. The molecule has 0 aliphatic carbocycles. The smallest absolute Gasteiger partial charge is 0.177 e. The molecule has 2 aromatic rings. The van der Waals surface area contributed by atoms with E-state index in [4.69, 9.17) is 23.2 Å². The largest absolute Gasteiger partial charge is 0.293 e. The molecule has 5 heteroatoms. The van der Waals surface area contributed by atoms with Crippen molar-refractivity contribution in [3.8, 4) is 0 Å². The van der Waals surface area contributed by atoms with E-state index in [0.29, 0.717) is 16.5 Å². The summed E-state index contributed by atoms with van der Waals surface area (Å²) in [4.78, 5) is 14.6. The van der Waals surface area contributed by atoms with Gasteiger partial charge in [0.15, 0.2) is 5.78 Å². The minimum Gasteiger partial charge on any atom is -0.293 e. The average Bonchev–Trinajstić information content (AvgIpc) is 2.86. The summed E-state index contributed by atoms with van der Waals surface area (Å²) in [5, 5.41) is 1.15. The maximum atomic E-state index is 12.4. The maximum Gasteiger partial charge on any atom is 0.177 e. The fraction of sp³-hybridized carbons (Fsp3) is 0.267. The van der Waals surface area contributed by atoms with E-state index in [1.54, 1.807) is 23.5 Å². The molecule has 1 nitrogen and oxygen atoms in total. The van der Waals surface area contributed by atoms with Crippen LogP contribution in [0.25, 0.3) is 0 Å². The summed E-state index contributed by atoms with van der Waals surface area (Å²) in [6.45, 7) is 0. The molecule has 0 fully saturated rings. The van der Waals surface area contributed by atoms with E-state index < -0.39 is 0 Å². The summed E-state index contributed by atoms with van der Waals surface area (Å²) < 4.78 is 0. The summed E-state index contributed by atoms with van der Waals surface area (Å²) in [5.74, 6) is 2.32. The van der Waals surface area contributed by atoms with E-state index in [1.807, 2.05) is 17.8 Å². The predicted molar refractivity (Wildman–Crippen MR) is 88.7 cm³/mol. The molecule has 1 aromatic heterocycles. The zero-order chi connectivity index (χ0) is 14.1. The first-order valence-corrected chi connectivity index (χ1v) is 9.02. The highest BCUT2D eigenvalue weighted by atomic mass is 35.5. The quantitative estimate of drug-likeness (QED) is 0.706. The molecule has 0 bridgehead atoms. The Hall–Kier alpha value is -0.480. The van der Waals surface area contributed by atoms with Crippen LogP contribution in [0.3, 0.4) is 0 Å². The Balaban J connectivity index is 1.80. The van der Waals surface area contributed by atoms with E-state index >= 15 is 0 Å². The van der Waals surface area contributed by atoms with Crippen molar-refractivity contribution < 1.29 is 4.79 Å². The van der Waals surface area contributed by atoms with E-state index in [9.17, 15) is 4.79 Å². The monoisotopic (exact) mass is 342 g/mol. The van der Waals surface area contributed by atoms with Gasteiger partial charge in [-0.15, -0.1) is 11.3 Å². The van der Waals surface area contributed by atoms with Crippen LogP contribution in [0.1, 0.15) is 25.7 Å². The topological polar surface area (TPSA) is 17.1 Å². The van der Waals surface area contributed by atoms with Crippen LogP contribution in [0.15, 0.2) is 24.3 Å². The Bertz CT molecular complexity index is 640. The minimum atomic E-state index is 0.138. The SMILES string of the molecule is O=C(Cc1ccc(Cl)cc1Cl)c1cc2c(s1)CCSC2. The molecular weight excluding hydrogens is 331 g/mol. The van der Waals surface area contributed by atoms with Crippen molar-refractivity contribution in [2.24, 2.45) is 0 Å². The molecule has 0 unspecified atom stereocenters.